The van der Waals surface area contributed by atoms with E-state index in [1.54, 1.807) is 6.20 Å². The lowest BCUT2D eigenvalue weighted by atomic mass is 10.1. The van der Waals surface area contributed by atoms with Gasteiger partial charge in [-0.05, 0) is 12.8 Å². The molecular weight excluding hydrogens is 192 g/mol. The Hall–Kier alpha value is -1.32. The Bertz CT molecular complexity index is 270. The summed E-state index contributed by atoms with van der Waals surface area (Å²) in [5, 5.41) is 0. The summed E-state index contributed by atoms with van der Waals surface area (Å²) in [7, 11) is 1.43. The maximum Gasteiger partial charge on any atom is 0.305 e. The predicted octanol–water partition coefficient (Wildman–Crippen LogP) is 2.01. The molecule has 0 radical (unpaired) electrons. The van der Waals surface area contributed by atoms with E-state index < -0.39 is 0 Å². The molecule has 0 aliphatic rings. The molecule has 15 heavy (non-hydrogen) atoms. The quantitative estimate of drug-likeness (QED) is 0.510. The second-order valence-electron chi connectivity index (χ2n) is 3.54. The molecule has 1 rings (SSSR count). The fourth-order valence-corrected chi connectivity index (χ4v) is 1.44. The number of aryl methyl sites for hydroxylation is 1. The van der Waals surface area contributed by atoms with Gasteiger partial charge in [0.25, 0.3) is 0 Å². The molecule has 0 saturated heterocycles. The second-order valence-corrected chi connectivity index (χ2v) is 3.54. The van der Waals surface area contributed by atoms with Crippen LogP contribution in [0, 0.1) is 0 Å². The minimum Gasteiger partial charge on any atom is -0.469 e. The zero-order valence-corrected chi connectivity index (χ0v) is 9.19. The van der Waals surface area contributed by atoms with Gasteiger partial charge in [0.05, 0.1) is 13.4 Å². The third kappa shape index (κ3) is 5.20. The number of esters is 1. The van der Waals surface area contributed by atoms with Gasteiger partial charge in [-0.25, -0.2) is 4.98 Å². The minimum atomic E-state index is -0.107. The Balaban J connectivity index is 1.91. The van der Waals surface area contributed by atoms with E-state index in [9.17, 15) is 4.79 Å². The van der Waals surface area contributed by atoms with Crippen molar-refractivity contribution >= 4 is 5.97 Å². The highest BCUT2D eigenvalue weighted by atomic mass is 16.5. The molecule has 0 unspecified atom stereocenters. The SMILES string of the molecule is COC(=O)CCCCCCn1ccnc1. The number of ether oxygens (including phenoxy) is 1. The van der Waals surface area contributed by atoms with Gasteiger partial charge >= 0.3 is 5.97 Å². The molecule has 0 saturated carbocycles. The van der Waals surface area contributed by atoms with E-state index in [2.05, 4.69) is 14.3 Å². The average molecular weight is 210 g/mol. The summed E-state index contributed by atoms with van der Waals surface area (Å²) >= 11 is 0. The standard InChI is InChI=1S/C11H18N2O2/c1-15-11(14)6-4-2-3-5-8-13-9-7-12-10-13/h7,9-10H,2-6,8H2,1H3. The van der Waals surface area contributed by atoms with Crippen LogP contribution in [0.3, 0.4) is 0 Å². The van der Waals surface area contributed by atoms with Gasteiger partial charge in [-0.3, -0.25) is 4.79 Å². The molecule has 0 aliphatic heterocycles. The van der Waals surface area contributed by atoms with Crippen LogP contribution in [0.25, 0.3) is 0 Å². The van der Waals surface area contributed by atoms with Crippen molar-refractivity contribution in [1.82, 2.24) is 9.55 Å². The molecule has 0 amide bonds. The van der Waals surface area contributed by atoms with Crippen LogP contribution in [0.2, 0.25) is 0 Å². The lowest BCUT2D eigenvalue weighted by Crippen LogP contribution is -1.99. The van der Waals surface area contributed by atoms with Crippen molar-refractivity contribution < 1.29 is 9.53 Å². The molecule has 0 bridgehead atoms. The highest BCUT2D eigenvalue weighted by molar-refractivity contribution is 5.68. The van der Waals surface area contributed by atoms with Crippen LogP contribution in [0.15, 0.2) is 18.7 Å². The predicted molar refractivity (Wildman–Crippen MR) is 57.3 cm³/mol. The summed E-state index contributed by atoms with van der Waals surface area (Å²) in [5.41, 5.74) is 0. The third-order valence-electron chi connectivity index (χ3n) is 2.33. The van der Waals surface area contributed by atoms with Gasteiger partial charge < -0.3 is 9.30 Å². The van der Waals surface area contributed by atoms with E-state index in [4.69, 9.17) is 0 Å². The Labute approximate surface area is 90.3 Å². The number of aromatic nitrogens is 2. The fourth-order valence-electron chi connectivity index (χ4n) is 1.44. The van der Waals surface area contributed by atoms with Crippen molar-refractivity contribution in [3.63, 3.8) is 0 Å². The average Bonchev–Trinajstić information content (AvgIpc) is 2.75. The molecule has 0 fully saturated rings. The first-order valence-corrected chi connectivity index (χ1v) is 5.35. The molecule has 0 aliphatic carbocycles. The van der Waals surface area contributed by atoms with Gasteiger partial charge in [-0.2, -0.15) is 0 Å². The zero-order valence-electron chi connectivity index (χ0n) is 9.19. The Morgan fingerprint density at radius 1 is 1.33 bits per heavy atom. The maximum absolute atomic E-state index is 10.8. The molecule has 84 valence electrons. The summed E-state index contributed by atoms with van der Waals surface area (Å²) in [4.78, 5) is 14.8. The van der Waals surface area contributed by atoms with E-state index in [0.717, 1.165) is 32.2 Å². The summed E-state index contributed by atoms with van der Waals surface area (Å²) in [6.07, 6.45) is 10.4. The van der Waals surface area contributed by atoms with Crippen LogP contribution >= 0.6 is 0 Å². The topological polar surface area (TPSA) is 44.1 Å². The van der Waals surface area contributed by atoms with Crippen LogP contribution in [-0.4, -0.2) is 22.6 Å². The van der Waals surface area contributed by atoms with Crippen LogP contribution in [0.5, 0.6) is 0 Å². The van der Waals surface area contributed by atoms with E-state index in [1.807, 2.05) is 12.5 Å². The summed E-state index contributed by atoms with van der Waals surface area (Å²) in [6.45, 7) is 1.01. The van der Waals surface area contributed by atoms with E-state index in [1.165, 1.54) is 7.11 Å². The largest absolute Gasteiger partial charge is 0.469 e. The van der Waals surface area contributed by atoms with Crippen molar-refractivity contribution in [3.05, 3.63) is 18.7 Å². The van der Waals surface area contributed by atoms with E-state index >= 15 is 0 Å². The minimum absolute atomic E-state index is 0.107. The normalized spacial score (nSPS) is 10.2. The molecule has 0 aromatic carbocycles. The monoisotopic (exact) mass is 210 g/mol. The molecule has 1 aromatic rings. The van der Waals surface area contributed by atoms with Crippen molar-refractivity contribution in [3.8, 4) is 0 Å². The molecule has 0 atom stereocenters. The Kier molecular flexibility index (Phi) is 5.51. The molecule has 1 aromatic heterocycles. The molecule has 4 nitrogen and oxygen atoms in total. The van der Waals surface area contributed by atoms with Crippen LogP contribution in [-0.2, 0) is 16.1 Å². The third-order valence-corrected chi connectivity index (χ3v) is 2.33. The number of unbranched alkanes of at least 4 members (excludes halogenated alkanes) is 3. The first-order chi connectivity index (χ1) is 7.33. The number of methoxy groups -OCH3 is 1. The van der Waals surface area contributed by atoms with Crippen LogP contribution in [0.1, 0.15) is 32.1 Å². The summed E-state index contributed by atoms with van der Waals surface area (Å²) in [6, 6.07) is 0. The Morgan fingerprint density at radius 2 is 2.13 bits per heavy atom. The molecule has 4 heteroatoms. The number of rotatable bonds is 7. The smallest absolute Gasteiger partial charge is 0.305 e. The highest BCUT2D eigenvalue weighted by Gasteiger charge is 1.98. The summed E-state index contributed by atoms with van der Waals surface area (Å²) in [5.74, 6) is -0.107. The molecule has 0 spiro atoms. The van der Waals surface area contributed by atoms with Crippen molar-refractivity contribution in [2.45, 2.75) is 38.6 Å². The van der Waals surface area contributed by atoms with Gasteiger partial charge in [0, 0.05) is 25.4 Å². The molecular formula is C11H18N2O2. The fraction of sp³-hybridized carbons (Fsp3) is 0.636. The molecule has 0 N–H and O–H groups in total. The van der Waals surface area contributed by atoms with Crippen molar-refractivity contribution in [1.29, 1.82) is 0 Å². The van der Waals surface area contributed by atoms with Gasteiger partial charge in [0.2, 0.25) is 0 Å². The van der Waals surface area contributed by atoms with Crippen molar-refractivity contribution in [2.75, 3.05) is 7.11 Å². The number of carbonyl (C=O) groups is 1. The van der Waals surface area contributed by atoms with Crippen LogP contribution < -0.4 is 0 Å². The summed E-state index contributed by atoms with van der Waals surface area (Å²) < 4.78 is 6.63. The van der Waals surface area contributed by atoms with Gasteiger partial charge in [0.1, 0.15) is 0 Å². The van der Waals surface area contributed by atoms with Crippen LogP contribution in [0.4, 0.5) is 0 Å². The lowest BCUT2D eigenvalue weighted by Gasteiger charge is -2.02. The maximum atomic E-state index is 10.8. The highest BCUT2D eigenvalue weighted by Crippen LogP contribution is 2.05. The first kappa shape index (κ1) is 11.8. The van der Waals surface area contributed by atoms with Gasteiger partial charge in [-0.1, -0.05) is 12.8 Å². The van der Waals surface area contributed by atoms with Crippen molar-refractivity contribution in [2.24, 2.45) is 0 Å². The van der Waals surface area contributed by atoms with E-state index in [-0.39, 0.29) is 5.97 Å². The number of hydrogen-bond donors (Lipinski definition) is 0. The second kappa shape index (κ2) is 7.04. The number of imidazole rings is 1. The van der Waals surface area contributed by atoms with E-state index in [0.29, 0.717) is 6.42 Å². The van der Waals surface area contributed by atoms with Gasteiger partial charge in [-0.15, -0.1) is 0 Å². The number of hydrogen-bond acceptors (Lipinski definition) is 3. The lowest BCUT2D eigenvalue weighted by molar-refractivity contribution is -0.140. The number of nitrogens with zero attached hydrogens (tertiary/aromatic N) is 2. The zero-order chi connectivity index (χ0) is 10.9. The van der Waals surface area contributed by atoms with Gasteiger partial charge in [0.15, 0.2) is 0 Å². The number of carbonyl (C=O) groups excluding carboxylic acids is 1. The Morgan fingerprint density at radius 3 is 2.80 bits per heavy atom. The first-order valence-electron chi connectivity index (χ1n) is 5.35. The molecule has 1 heterocycles.